The molecule has 0 saturated carbocycles. The van der Waals surface area contributed by atoms with Gasteiger partial charge in [0.2, 0.25) is 5.91 Å². The van der Waals surface area contributed by atoms with Crippen molar-refractivity contribution in [2.24, 2.45) is 5.41 Å². The number of ether oxygens (including phenoxy) is 1. The maximum Gasteiger partial charge on any atom is 0.249 e. The first-order valence-corrected chi connectivity index (χ1v) is 6.45. The lowest BCUT2D eigenvalue weighted by atomic mass is 9.89. The minimum absolute atomic E-state index is 0.0201. The molecule has 0 bridgehead atoms. The Bertz CT molecular complexity index is 519. The van der Waals surface area contributed by atoms with Gasteiger partial charge < -0.3 is 10.2 Å². The van der Waals surface area contributed by atoms with Gasteiger partial charge in [-0.2, -0.15) is 0 Å². The Kier molecular flexibility index (Phi) is 3.51. The number of rotatable bonds is 3. The molecule has 4 nitrogen and oxygen atoms in total. The van der Waals surface area contributed by atoms with Crippen LogP contribution < -0.4 is 15.6 Å². The molecule has 19 heavy (non-hydrogen) atoms. The normalized spacial score (nSPS) is 19.4. The number of hydrogen-bond acceptors (Lipinski definition) is 3. The largest absolute Gasteiger partial charge is 0.491 e. The third-order valence-corrected chi connectivity index (χ3v) is 3.09. The van der Waals surface area contributed by atoms with Crippen LogP contribution in [-0.4, -0.2) is 12.0 Å². The summed E-state index contributed by atoms with van der Waals surface area (Å²) in [5.74, 6) is 0.813. The van der Waals surface area contributed by atoms with Crippen LogP contribution in [0.25, 0.3) is 6.08 Å². The molecule has 0 unspecified atom stereocenters. The Morgan fingerprint density at radius 3 is 2.58 bits per heavy atom. The molecule has 102 valence electrons. The molecule has 0 atom stereocenters. The lowest BCUT2D eigenvalue weighted by Crippen LogP contribution is -2.28. The van der Waals surface area contributed by atoms with E-state index in [0.717, 1.165) is 17.0 Å². The molecule has 1 amide bonds. The van der Waals surface area contributed by atoms with E-state index in [1.54, 1.807) is 0 Å². The number of nitrogens with one attached hydrogen (secondary N) is 2. The van der Waals surface area contributed by atoms with E-state index in [9.17, 15) is 4.79 Å². The summed E-state index contributed by atoms with van der Waals surface area (Å²) >= 11 is 0. The molecular formula is C15H20N2O2. The van der Waals surface area contributed by atoms with E-state index in [-0.39, 0.29) is 12.0 Å². The van der Waals surface area contributed by atoms with E-state index >= 15 is 0 Å². The summed E-state index contributed by atoms with van der Waals surface area (Å²) in [6, 6.07) is 7.83. The highest BCUT2D eigenvalue weighted by molar-refractivity contribution is 5.89. The van der Waals surface area contributed by atoms with Crippen LogP contribution in [0.3, 0.4) is 0 Å². The van der Waals surface area contributed by atoms with Gasteiger partial charge in [-0.25, -0.2) is 0 Å². The lowest BCUT2D eigenvalue weighted by Gasteiger charge is -2.15. The minimum Gasteiger partial charge on any atom is -0.491 e. The van der Waals surface area contributed by atoms with E-state index < -0.39 is 5.41 Å². The van der Waals surface area contributed by atoms with E-state index in [2.05, 4.69) is 10.9 Å². The molecule has 1 fully saturated rings. The van der Waals surface area contributed by atoms with E-state index in [0.29, 0.717) is 0 Å². The molecule has 1 aromatic carbocycles. The molecule has 1 aliphatic rings. The fourth-order valence-corrected chi connectivity index (χ4v) is 1.89. The second-order valence-electron chi connectivity index (χ2n) is 5.50. The van der Waals surface area contributed by atoms with E-state index in [1.807, 2.05) is 58.0 Å². The van der Waals surface area contributed by atoms with Crippen LogP contribution in [0.4, 0.5) is 0 Å². The molecule has 4 heteroatoms. The molecule has 0 aromatic heterocycles. The van der Waals surface area contributed by atoms with Gasteiger partial charge in [0.05, 0.1) is 11.5 Å². The zero-order valence-electron chi connectivity index (χ0n) is 11.8. The Balaban J connectivity index is 2.26. The summed E-state index contributed by atoms with van der Waals surface area (Å²) in [5, 5.41) is 0. The summed E-state index contributed by atoms with van der Waals surface area (Å²) in [5.41, 5.74) is 6.90. The van der Waals surface area contributed by atoms with Gasteiger partial charge in [-0.15, -0.1) is 0 Å². The Morgan fingerprint density at radius 2 is 2.00 bits per heavy atom. The second kappa shape index (κ2) is 4.96. The van der Waals surface area contributed by atoms with Crippen molar-refractivity contribution in [3.05, 3.63) is 35.5 Å². The van der Waals surface area contributed by atoms with Crippen molar-refractivity contribution >= 4 is 12.0 Å². The lowest BCUT2D eigenvalue weighted by molar-refractivity contribution is -0.125. The summed E-state index contributed by atoms with van der Waals surface area (Å²) in [4.78, 5) is 11.7. The van der Waals surface area contributed by atoms with Crippen molar-refractivity contribution in [2.75, 3.05) is 0 Å². The highest BCUT2D eigenvalue weighted by Gasteiger charge is 2.37. The highest BCUT2D eigenvalue weighted by Crippen LogP contribution is 2.30. The first kappa shape index (κ1) is 13.5. The third kappa shape index (κ3) is 2.89. The Hall–Kier alpha value is -1.97. The van der Waals surface area contributed by atoms with Gasteiger partial charge >= 0.3 is 0 Å². The molecular weight excluding hydrogens is 240 g/mol. The molecule has 2 N–H and O–H groups in total. The fraction of sp³-hybridized carbons (Fsp3) is 0.400. The summed E-state index contributed by atoms with van der Waals surface area (Å²) in [6.07, 6.45) is 2.11. The summed E-state index contributed by atoms with van der Waals surface area (Å²) in [6.45, 7) is 7.77. The van der Waals surface area contributed by atoms with Crippen LogP contribution in [0.2, 0.25) is 0 Å². The predicted molar refractivity (Wildman–Crippen MR) is 75.2 cm³/mol. The molecule has 2 rings (SSSR count). The van der Waals surface area contributed by atoms with Crippen molar-refractivity contribution in [1.29, 1.82) is 0 Å². The maximum absolute atomic E-state index is 11.7. The van der Waals surface area contributed by atoms with Crippen LogP contribution >= 0.6 is 0 Å². The molecule has 0 spiro atoms. The molecule has 1 heterocycles. The van der Waals surface area contributed by atoms with Gasteiger partial charge in [0, 0.05) is 5.70 Å². The fourth-order valence-electron chi connectivity index (χ4n) is 1.89. The van der Waals surface area contributed by atoms with Gasteiger partial charge in [-0.1, -0.05) is 12.1 Å². The summed E-state index contributed by atoms with van der Waals surface area (Å²) in [7, 11) is 0. The quantitative estimate of drug-likeness (QED) is 0.877. The van der Waals surface area contributed by atoms with Crippen molar-refractivity contribution in [3.63, 3.8) is 0 Å². The van der Waals surface area contributed by atoms with Crippen LogP contribution in [0.5, 0.6) is 5.75 Å². The van der Waals surface area contributed by atoms with Crippen LogP contribution in [0.15, 0.2) is 30.0 Å². The van der Waals surface area contributed by atoms with Gasteiger partial charge in [-0.3, -0.25) is 10.2 Å². The number of carbonyl (C=O) groups is 1. The predicted octanol–water partition coefficient (Wildman–Crippen LogP) is 2.48. The first-order valence-electron chi connectivity index (χ1n) is 6.45. The smallest absolute Gasteiger partial charge is 0.249 e. The van der Waals surface area contributed by atoms with Crippen LogP contribution in [0, 0.1) is 5.41 Å². The van der Waals surface area contributed by atoms with Crippen molar-refractivity contribution < 1.29 is 9.53 Å². The minimum atomic E-state index is -0.533. The molecule has 1 aromatic rings. The SMILES string of the molecule is CC(C)Oc1cccc(/C=C2\NNC(=O)C2(C)C)c1. The van der Waals surface area contributed by atoms with Gasteiger partial charge in [0.1, 0.15) is 5.75 Å². The number of amides is 1. The molecule has 0 radical (unpaired) electrons. The summed E-state index contributed by atoms with van der Waals surface area (Å²) < 4.78 is 5.66. The topological polar surface area (TPSA) is 50.4 Å². The van der Waals surface area contributed by atoms with Gasteiger partial charge in [0.15, 0.2) is 0 Å². The average Bonchev–Trinajstić information content (AvgIpc) is 2.56. The van der Waals surface area contributed by atoms with Crippen molar-refractivity contribution in [3.8, 4) is 5.75 Å². The van der Waals surface area contributed by atoms with Crippen molar-refractivity contribution in [2.45, 2.75) is 33.8 Å². The second-order valence-corrected chi connectivity index (χ2v) is 5.50. The Morgan fingerprint density at radius 1 is 1.26 bits per heavy atom. The zero-order valence-corrected chi connectivity index (χ0v) is 11.8. The van der Waals surface area contributed by atoms with Crippen molar-refractivity contribution in [1.82, 2.24) is 10.9 Å². The number of hydrazine groups is 1. The standard InChI is InChI=1S/C15H20N2O2/c1-10(2)19-12-7-5-6-11(8-12)9-13-15(3,4)14(18)17-16-13/h5-10,16H,1-4H3,(H,17,18)/b13-9-. The Labute approximate surface area is 113 Å². The van der Waals surface area contributed by atoms with E-state index in [4.69, 9.17) is 4.74 Å². The molecule has 0 aliphatic carbocycles. The van der Waals surface area contributed by atoms with Crippen LogP contribution in [0.1, 0.15) is 33.3 Å². The molecule has 1 aliphatic heterocycles. The molecule has 1 saturated heterocycles. The highest BCUT2D eigenvalue weighted by atomic mass is 16.5. The van der Waals surface area contributed by atoms with E-state index in [1.165, 1.54) is 0 Å². The number of hydrogen-bond donors (Lipinski definition) is 2. The van der Waals surface area contributed by atoms with Gasteiger partial charge in [0.25, 0.3) is 0 Å². The monoisotopic (exact) mass is 260 g/mol. The van der Waals surface area contributed by atoms with Gasteiger partial charge in [-0.05, 0) is 51.5 Å². The average molecular weight is 260 g/mol. The number of carbonyl (C=O) groups excluding carboxylic acids is 1. The van der Waals surface area contributed by atoms with Crippen LogP contribution in [-0.2, 0) is 4.79 Å². The zero-order chi connectivity index (χ0) is 14.0. The first-order chi connectivity index (χ1) is 8.89. The maximum atomic E-state index is 11.7. The third-order valence-electron chi connectivity index (χ3n) is 3.09. The number of benzene rings is 1.